The number of hydrogen-bond donors (Lipinski definition) is 1. The molecule has 1 aromatic rings. The number of hydrogen-bond acceptors (Lipinski definition) is 2. The molecule has 1 N–H and O–H groups in total. The Hall–Kier alpha value is 0.420. The van der Waals surface area contributed by atoms with Gasteiger partial charge in [0.05, 0.1) is 4.90 Å². The number of sulfonamides is 1. The summed E-state index contributed by atoms with van der Waals surface area (Å²) < 4.78 is 24.5. The maximum atomic E-state index is 11.2. The van der Waals surface area contributed by atoms with Crippen molar-refractivity contribution in [3.8, 4) is 0 Å². The van der Waals surface area contributed by atoms with Gasteiger partial charge >= 0.3 is 0 Å². The summed E-state index contributed by atoms with van der Waals surface area (Å²) in [6.45, 7) is 0. The summed E-state index contributed by atoms with van der Waals surface area (Å²) in [5.41, 5.74) is 0. The van der Waals surface area contributed by atoms with Crippen LogP contribution in [0.2, 0.25) is 5.02 Å². The van der Waals surface area contributed by atoms with Crippen LogP contribution >= 0.6 is 11.6 Å². The molecule has 0 unspecified atom stereocenters. The first kappa shape index (κ1) is 13.4. The van der Waals surface area contributed by atoms with E-state index in [1.165, 1.54) is 31.3 Å². The van der Waals surface area contributed by atoms with Crippen LogP contribution in [-0.2, 0) is 10.0 Å². The minimum Gasteiger partial charge on any atom is -0.214 e. The molecule has 67 valence electrons. The Morgan fingerprint density at radius 2 is 1.69 bits per heavy atom. The Morgan fingerprint density at radius 1 is 1.23 bits per heavy atom. The predicted octanol–water partition coefficient (Wildman–Crippen LogP) is 0.867. The van der Waals surface area contributed by atoms with Gasteiger partial charge in [-0.25, -0.2) is 13.1 Å². The van der Waals surface area contributed by atoms with E-state index < -0.39 is 10.0 Å². The Morgan fingerprint density at radius 3 is 2.08 bits per heavy atom. The zero-order chi connectivity index (χ0) is 9.19. The SMILES string of the molecule is CNS(=O)(=O)c1ccc(Cl)cc1.[Na]. The van der Waals surface area contributed by atoms with Gasteiger partial charge in [0.25, 0.3) is 0 Å². The Labute approximate surface area is 105 Å². The van der Waals surface area contributed by atoms with Gasteiger partial charge in [0, 0.05) is 34.6 Å². The summed E-state index contributed by atoms with van der Waals surface area (Å²) in [5.74, 6) is 0. The third-order valence-corrected chi connectivity index (χ3v) is 3.07. The number of benzene rings is 1. The average molecular weight is 229 g/mol. The van der Waals surface area contributed by atoms with E-state index in [-0.39, 0.29) is 34.5 Å². The largest absolute Gasteiger partial charge is 0.240 e. The van der Waals surface area contributed by atoms with Gasteiger partial charge < -0.3 is 0 Å². The van der Waals surface area contributed by atoms with Gasteiger partial charge in [-0.05, 0) is 31.3 Å². The van der Waals surface area contributed by atoms with Crippen LogP contribution in [0, 0.1) is 0 Å². The van der Waals surface area contributed by atoms with E-state index in [4.69, 9.17) is 11.6 Å². The molecule has 0 aromatic heterocycles. The van der Waals surface area contributed by atoms with E-state index in [0.29, 0.717) is 5.02 Å². The van der Waals surface area contributed by atoms with Gasteiger partial charge in [-0.2, -0.15) is 0 Å². The van der Waals surface area contributed by atoms with Crippen molar-refractivity contribution >= 4 is 51.2 Å². The van der Waals surface area contributed by atoms with E-state index in [9.17, 15) is 8.42 Å². The van der Waals surface area contributed by atoms with Crippen molar-refractivity contribution in [2.75, 3.05) is 7.05 Å². The quantitative estimate of drug-likeness (QED) is 0.764. The molecule has 0 aliphatic carbocycles. The Balaban J connectivity index is 0.00000144. The second-order valence-electron chi connectivity index (χ2n) is 2.16. The molecule has 0 aliphatic rings. The summed E-state index contributed by atoms with van der Waals surface area (Å²) in [6, 6.07) is 5.97. The van der Waals surface area contributed by atoms with E-state index in [1.54, 1.807) is 0 Å². The predicted molar refractivity (Wildman–Crippen MR) is 53.5 cm³/mol. The average Bonchev–Trinajstić information content (AvgIpc) is 2.05. The monoisotopic (exact) mass is 228 g/mol. The van der Waals surface area contributed by atoms with Gasteiger partial charge in [0.1, 0.15) is 0 Å². The van der Waals surface area contributed by atoms with Crippen molar-refractivity contribution in [1.29, 1.82) is 0 Å². The van der Waals surface area contributed by atoms with Crippen LogP contribution in [0.5, 0.6) is 0 Å². The summed E-state index contributed by atoms with van der Waals surface area (Å²) in [5, 5.41) is 0.519. The number of nitrogens with one attached hydrogen (secondary N) is 1. The van der Waals surface area contributed by atoms with Gasteiger partial charge in [0.15, 0.2) is 0 Å². The second kappa shape index (κ2) is 5.34. The Bertz CT molecular complexity index is 363. The molecular formula is C7H8ClNNaO2S. The molecule has 0 heterocycles. The van der Waals surface area contributed by atoms with Crippen LogP contribution in [0.1, 0.15) is 0 Å². The summed E-state index contributed by atoms with van der Waals surface area (Å²) in [6.07, 6.45) is 0. The molecule has 0 spiro atoms. The van der Waals surface area contributed by atoms with Crippen LogP contribution in [0.25, 0.3) is 0 Å². The van der Waals surface area contributed by atoms with Gasteiger partial charge in [0.2, 0.25) is 10.0 Å². The maximum Gasteiger partial charge on any atom is 0.240 e. The third kappa shape index (κ3) is 3.58. The zero-order valence-electron chi connectivity index (χ0n) is 7.41. The van der Waals surface area contributed by atoms with E-state index >= 15 is 0 Å². The van der Waals surface area contributed by atoms with E-state index in [2.05, 4.69) is 4.72 Å². The molecule has 1 radical (unpaired) electrons. The first-order chi connectivity index (χ1) is 5.56. The minimum absolute atomic E-state index is 0. The summed E-state index contributed by atoms with van der Waals surface area (Å²) in [7, 11) is -1.96. The fourth-order valence-electron chi connectivity index (χ4n) is 0.732. The molecule has 0 fully saturated rings. The number of rotatable bonds is 2. The van der Waals surface area contributed by atoms with Crippen molar-refractivity contribution in [3.05, 3.63) is 29.3 Å². The molecule has 0 bridgehead atoms. The topological polar surface area (TPSA) is 46.2 Å². The van der Waals surface area contributed by atoms with E-state index in [1.807, 2.05) is 0 Å². The van der Waals surface area contributed by atoms with Crippen LogP contribution in [0.15, 0.2) is 29.2 Å². The molecule has 0 aliphatic heterocycles. The molecular weight excluding hydrogens is 221 g/mol. The maximum absolute atomic E-state index is 11.2. The van der Waals surface area contributed by atoms with Gasteiger partial charge in [-0.1, -0.05) is 11.6 Å². The van der Waals surface area contributed by atoms with Crippen molar-refractivity contribution in [2.45, 2.75) is 4.90 Å². The smallest absolute Gasteiger partial charge is 0.214 e. The van der Waals surface area contributed by atoms with Crippen LogP contribution < -0.4 is 4.72 Å². The zero-order valence-corrected chi connectivity index (χ0v) is 11.0. The minimum atomic E-state index is -3.32. The van der Waals surface area contributed by atoms with Crippen molar-refractivity contribution in [1.82, 2.24) is 4.72 Å². The van der Waals surface area contributed by atoms with Crippen LogP contribution in [0.3, 0.4) is 0 Å². The van der Waals surface area contributed by atoms with Crippen LogP contribution in [-0.4, -0.2) is 45.0 Å². The molecule has 0 saturated carbocycles. The standard InChI is InChI=1S/C7H8ClNO2S.Na/c1-9-12(10,11)7-4-2-6(8)3-5-7;/h2-5,9H,1H3;. The van der Waals surface area contributed by atoms with Gasteiger partial charge in [-0.3, -0.25) is 0 Å². The summed E-state index contributed by atoms with van der Waals surface area (Å²) in [4.78, 5) is 0.217. The molecule has 3 nitrogen and oxygen atoms in total. The third-order valence-electron chi connectivity index (χ3n) is 1.39. The molecule has 0 atom stereocenters. The molecule has 0 saturated heterocycles. The van der Waals surface area contributed by atoms with Crippen molar-refractivity contribution in [3.63, 3.8) is 0 Å². The molecule has 6 heteroatoms. The number of halogens is 1. The fourth-order valence-corrected chi connectivity index (χ4v) is 1.59. The fraction of sp³-hybridized carbons (Fsp3) is 0.143. The molecule has 0 amide bonds. The first-order valence-electron chi connectivity index (χ1n) is 3.25. The Kier molecular flexibility index (Phi) is 5.51. The van der Waals surface area contributed by atoms with Crippen LogP contribution in [0.4, 0.5) is 0 Å². The second-order valence-corrected chi connectivity index (χ2v) is 4.48. The molecule has 1 aromatic carbocycles. The van der Waals surface area contributed by atoms with Crippen molar-refractivity contribution in [2.24, 2.45) is 0 Å². The summed E-state index contributed by atoms with van der Waals surface area (Å²) >= 11 is 5.59. The molecule has 1 rings (SSSR count). The molecule has 13 heavy (non-hydrogen) atoms. The first-order valence-corrected chi connectivity index (χ1v) is 5.11. The van der Waals surface area contributed by atoms with Gasteiger partial charge in [-0.15, -0.1) is 0 Å². The normalized spacial score (nSPS) is 10.6. The van der Waals surface area contributed by atoms with E-state index in [0.717, 1.165) is 0 Å². The van der Waals surface area contributed by atoms with Crippen molar-refractivity contribution < 1.29 is 8.42 Å².